The standard InChI is InChI=1S/C26H18ClIN2O4S/c1-33-22-11-17(10-21(27)24(22)34-15-19-5-3-2-4-18(19)13-29)12-23-25(31)30(26(32)35-23)14-16-6-8-20(28)9-7-16/h2-12H,14-15H2,1H3/b23-12-. The average molecular weight is 617 g/mol. The van der Waals surface area contributed by atoms with E-state index in [0.717, 1.165) is 26.5 Å². The number of hydrogen-bond acceptors (Lipinski definition) is 6. The summed E-state index contributed by atoms with van der Waals surface area (Å²) in [6.45, 7) is 0.344. The van der Waals surface area contributed by atoms with E-state index in [1.54, 1.807) is 36.4 Å². The van der Waals surface area contributed by atoms with Crippen LogP contribution in [0, 0.1) is 14.9 Å². The Morgan fingerprint density at radius 2 is 1.89 bits per heavy atom. The maximum Gasteiger partial charge on any atom is 0.293 e. The van der Waals surface area contributed by atoms with Crippen LogP contribution in [0.5, 0.6) is 11.5 Å². The van der Waals surface area contributed by atoms with Gasteiger partial charge in [-0.1, -0.05) is 41.9 Å². The van der Waals surface area contributed by atoms with Crippen molar-refractivity contribution in [1.82, 2.24) is 4.90 Å². The number of imide groups is 1. The third kappa shape index (κ3) is 5.81. The molecule has 176 valence electrons. The maximum absolute atomic E-state index is 12.9. The van der Waals surface area contributed by atoms with Crippen LogP contribution >= 0.6 is 46.0 Å². The quantitative estimate of drug-likeness (QED) is 0.219. The number of nitriles is 1. The molecule has 0 saturated carbocycles. The predicted octanol–water partition coefficient (Wildman–Crippen LogP) is 6.64. The molecule has 2 amide bonds. The minimum atomic E-state index is -0.359. The van der Waals surface area contributed by atoms with E-state index >= 15 is 0 Å². The summed E-state index contributed by atoms with van der Waals surface area (Å²) in [6, 6.07) is 20.2. The molecule has 35 heavy (non-hydrogen) atoms. The molecule has 0 N–H and O–H groups in total. The first-order chi connectivity index (χ1) is 16.9. The monoisotopic (exact) mass is 616 g/mol. The summed E-state index contributed by atoms with van der Waals surface area (Å²) in [7, 11) is 1.49. The van der Waals surface area contributed by atoms with Crippen molar-refractivity contribution in [2.75, 3.05) is 7.11 Å². The summed E-state index contributed by atoms with van der Waals surface area (Å²) < 4.78 is 12.4. The molecule has 4 rings (SSSR count). The summed E-state index contributed by atoms with van der Waals surface area (Å²) in [4.78, 5) is 26.9. The van der Waals surface area contributed by atoms with Crippen molar-refractivity contribution in [1.29, 1.82) is 5.26 Å². The van der Waals surface area contributed by atoms with Crippen LogP contribution < -0.4 is 9.47 Å². The molecule has 6 nitrogen and oxygen atoms in total. The van der Waals surface area contributed by atoms with Crippen LogP contribution in [0.15, 0.2) is 65.6 Å². The maximum atomic E-state index is 12.9. The summed E-state index contributed by atoms with van der Waals surface area (Å²) >= 11 is 9.57. The first-order valence-corrected chi connectivity index (χ1v) is 12.6. The minimum absolute atomic E-state index is 0.136. The van der Waals surface area contributed by atoms with Crippen LogP contribution in [0.1, 0.15) is 22.3 Å². The van der Waals surface area contributed by atoms with Gasteiger partial charge in [0, 0.05) is 9.13 Å². The SMILES string of the molecule is COc1cc(/C=C2\SC(=O)N(Cc3ccc(I)cc3)C2=O)cc(Cl)c1OCc1ccccc1C#N. The number of amides is 2. The molecule has 1 heterocycles. The Balaban J connectivity index is 1.54. The zero-order chi connectivity index (χ0) is 24.9. The van der Waals surface area contributed by atoms with Gasteiger partial charge in [0.25, 0.3) is 11.1 Å². The van der Waals surface area contributed by atoms with E-state index in [4.69, 9.17) is 21.1 Å². The van der Waals surface area contributed by atoms with Gasteiger partial charge in [-0.15, -0.1) is 0 Å². The first-order valence-electron chi connectivity index (χ1n) is 10.4. The van der Waals surface area contributed by atoms with E-state index in [1.165, 1.54) is 12.0 Å². The van der Waals surface area contributed by atoms with Gasteiger partial charge in [0.15, 0.2) is 11.5 Å². The Kier molecular flexibility index (Phi) is 8.00. The van der Waals surface area contributed by atoms with Crippen molar-refractivity contribution >= 4 is 63.2 Å². The van der Waals surface area contributed by atoms with Crippen LogP contribution in [0.2, 0.25) is 5.02 Å². The first kappa shape index (κ1) is 25.1. The van der Waals surface area contributed by atoms with E-state index < -0.39 is 0 Å². The van der Waals surface area contributed by atoms with Crippen molar-refractivity contribution < 1.29 is 19.1 Å². The number of thioether (sulfide) groups is 1. The van der Waals surface area contributed by atoms with Crippen molar-refractivity contribution in [3.05, 3.63) is 96.4 Å². The number of nitrogens with zero attached hydrogens (tertiary/aromatic N) is 2. The molecule has 0 aromatic heterocycles. The van der Waals surface area contributed by atoms with Crippen LogP contribution in [0.3, 0.4) is 0 Å². The molecule has 1 aliphatic heterocycles. The van der Waals surface area contributed by atoms with E-state index in [0.29, 0.717) is 27.5 Å². The Labute approximate surface area is 225 Å². The van der Waals surface area contributed by atoms with Gasteiger partial charge in [0.1, 0.15) is 6.61 Å². The molecule has 0 atom stereocenters. The zero-order valence-corrected chi connectivity index (χ0v) is 22.2. The van der Waals surface area contributed by atoms with Crippen molar-refractivity contribution in [3.63, 3.8) is 0 Å². The third-order valence-electron chi connectivity index (χ3n) is 5.19. The van der Waals surface area contributed by atoms with Crippen LogP contribution in [0.25, 0.3) is 6.08 Å². The topological polar surface area (TPSA) is 79.6 Å². The number of carbonyl (C=O) groups is 2. The fourth-order valence-electron chi connectivity index (χ4n) is 3.43. The number of hydrogen-bond donors (Lipinski definition) is 0. The summed E-state index contributed by atoms with van der Waals surface area (Å²) in [6.07, 6.45) is 1.61. The molecule has 0 bridgehead atoms. The number of ether oxygens (including phenoxy) is 2. The van der Waals surface area contributed by atoms with Gasteiger partial charge in [-0.3, -0.25) is 14.5 Å². The lowest BCUT2D eigenvalue weighted by molar-refractivity contribution is -0.123. The average Bonchev–Trinajstić information content (AvgIpc) is 3.11. The lowest BCUT2D eigenvalue weighted by atomic mass is 10.1. The summed E-state index contributed by atoms with van der Waals surface area (Å²) in [5.41, 5.74) is 2.70. The molecule has 0 spiro atoms. The highest BCUT2D eigenvalue weighted by Crippen LogP contribution is 2.39. The number of rotatable bonds is 7. The number of benzene rings is 3. The van der Waals surface area contributed by atoms with Crippen molar-refractivity contribution in [2.45, 2.75) is 13.2 Å². The van der Waals surface area contributed by atoms with Gasteiger partial charge in [0.05, 0.1) is 35.2 Å². The number of methoxy groups -OCH3 is 1. The van der Waals surface area contributed by atoms with Gasteiger partial charge < -0.3 is 9.47 Å². The van der Waals surface area contributed by atoms with Crippen LogP contribution in [0.4, 0.5) is 4.79 Å². The zero-order valence-electron chi connectivity index (χ0n) is 18.5. The molecule has 9 heteroatoms. The van der Waals surface area contributed by atoms with Gasteiger partial charge in [-0.2, -0.15) is 5.26 Å². The van der Waals surface area contributed by atoms with Crippen LogP contribution in [-0.4, -0.2) is 23.2 Å². The third-order valence-corrected chi connectivity index (χ3v) is 7.09. The second kappa shape index (κ2) is 11.2. The molecule has 1 aliphatic rings. The highest BCUT2D eigenvalue weighted by Gasteiger charge is 2.35. The molecule has 1 fully saturated rings. The largest absolute Gasteiger partial charge is 0.493 e. The summed E-state index contributed by atoms with van der Waals surface area (Å²) in [5, 5.41) is 9.23. The normalized spacial score (nSPS) is 14.3. The van der Waals surface area contributed by atoms with Crippen molar-refractivity contribution in [2.24, 2.45) is 0 Å². The van der Waals surface area contributed by atoms with E-state index in [9.17, 15) is 14.9 Å². The Morgan fingerprint density at radius 1 is 1.14 bits per heavy atom. The Morgan fingerprint density at radius 3 is 2.60 bits per heavy atom. The van der Waals surface area contributed by atoms with Gasteiger partial charge in [0.2, 0.25) is 0 Å². The van der Waals surface area contributed by atoms with E-state index in [1.807, 2.05) is 30.3 Å². The number of halogens is 2. The van der Waals surface area contributed by atoms with E-state index in [2.05, 4.69) is 28.7 Å². The Hall–Kier alpha value is -3.00. The smallest absolute Gasteiger partial charge is 0.293 e. The summed E-state index contributed by atoms with van der Waals surface area (Å²) in [5.74, 6) is 0.337. The molecule has 0 unspecified atom stereocenters. The molecule has 3 aromatic rings. The molecule has 0 aliphatic carbocycles. The minimum Gasteiger partial charge on any atom is -0.493 e. The lowest BCUT2D eigenvalue weighted by Crippen LogP contribution is -2.27. The molecule has 3 aromatic carbocycles. The fourth-order valence-corrected chi connectivity index (χ4v) is 4.90. The number of carbonyl (C=O) groups excluding carboxylic acids is 2. The van der Waals surface area contributed by atoms with E-state index in [-0.39, 0.29) is 29.3 Å². The lowest BCUT2D eigenvalue weighted by Gasteiger charge is -2.14. The Bertz CT molecular complexity index is 1370. The predicted molar refractivity (Wildman–Crippen MR) is 144 cm³/mol. The second-order valence-corrected chi connectivity index (χ2v) is 10.1. The molecular formula is C26H18ClIN2O4S. The highest BCUT2D eigenvalue weighted by molar-refractivity contribution is 14.1. The molecule has 0 radical (unpaired) electrons. The second-order valence-electron chi connectivity index (χ2n) is 7.49. The van der Waals surface area contributed by atoms with Gasteiger partial charge >= 0.3 is 0 Å². The molecule has 1 saturated heterocycles. The van der Waals surface area contributed by atoms with Gasteiger partial charge in [-0.25, -0.2) is 0 Å². The molecular weight excluding hydrogens is 599 g/mol. The van der Waals surface area contributed by atoms with Crippen molar-refractivity contribution in [3.8, 4) is 17.6 Å². The highest BCUT2D eigenvalue weighted by atomic mass is 127. The fraction of sp³-hybridized carbons (Fsp3) is 0.115. The van der Waals surface area contributed by atoms with Gasteiger partial charge in [-0.05, 0) is 81.9 Å². The van der Waals surface area contributed by atoms with Crippen LogP contribution in [-0.2, 0) is 17.9 Å².